The van der Waals surface area contributed by atoms with E-state index >= 15 is 0 Å². The van der Waals surface area contributed by atoms with Crippen LogP contribution in [0.4, 0.5) is 14.6 Å². The Morgan fingerprint density at radius 1 is 1.17 bits per heavy atom. The zero-order chi connectivity index (χ0) is 16.0. The van der Waals surface area contributed by atoms with E-state index in [9.17, 15) is 13.9 Å². The van der Waals surface area contributed by atoms with Crippen LogP contribution in [0.2, 0.25) is 0 Å². The third kappa shape index (κ3) is 2.38. The largest absolute Gasteiger partial charge is 0.391 e. The lowest BCUT2D eigenvalue weighted by atomic mass is 10.0. The van der Waals surface area contributed by atoms with E-state index in [1.54, 1.807) is 17.0 Å². The zero-order valence-electron chi connectivity index (χ0n) is 11.8. The quantitative estimate of drug-likeness (QED) is 0.762. The standard InChI is InChI=1S/C14H12F2N6O/c15-8-1-2-11(16)10(5-8)12-6-9(23)7-21(12)14-4-3-13-17-19-20-22(13)18-14/h1-5,9,12,23H,6-7H2/t9-,12+/m1/s1. The Balaban J connectivity index is 1.77. The van der Waals surface area contributed by atoms with Crippen molar-refractivity contribution in [1.82, 2.24) is 25.3 Å². The molecule has 118 valence electrons. The van der Waals surface area contributed by atoms with Crippen molar-refractivity contribution in [3.05, 3.63) is 47.5 Å². The molecule has 1 aliphatic rings. The van der Waals surface area contributed by atoms with Gasteiger partial charge in [-0.05, 0) is 47.2 Å². The van der Waals surface area contributed by atoms with Gasteiger partial charge in [0.25, 0.3) is 0 Å². The van der Waals surface area contributed by atoms with Crippen LogP contribution in [0.5, 0.6) is 0 Å². The molecule has 1 saturated heterocycles. The number of hydrogen-bond donors (Lipinski definition) is 1. The molecule has 1 aliphatic heterocycles. The van der Waals surface area contributed by atoms with Crippen LogP contribution in [-0.4, -0.2) is 43.0 Å². The van der Waals surface area contributed by atoms with E-state index in [4.69, 9.17) is 0 Å². The number of benzene rings is 1. The SMILES string of the molecule is O[C@@H]1C[C@@H](c2cc(F)ccc2F)N(c2ccc3nnnn3n2)C1. The third-order valence-electron chi connectivity index (χ3n) is 3.95. The molecule has 0 amide bonds. The van der Waals surface area contributed by atoms with Gasteiger partial charge in [-0.2, -0.15) is 0 Å². The minimum absolute atomic E-state index is 0.195. The second kappa shape index (κ2) is 5.20. The fourth-order valence-corrected chi connectivity index (χ4v) is 2.93. The molecule has 2 atom stereocenters. The van der Waals surface area contributed by atoms with E-state index in [1.165, 1.54) is 4.63 Å². The number of anilines is 1. The van der Waals surface area contributed by atoms with Crippen LogP contribution in [0.15, 0.2) is 30.3 Å². The first-order chi connectivity index (χ1) is 11.1. The summed E-state index contributed by atoms with van der Waals surface area (Å²) in [6.07, 6.45) is -0.371. The molecule has 1 aromatic carbocycles. The van der Waals surface area contributed by atoms with Crippen molar-refractivity contribution >= 4 is 11.5 Å². The highest BCUT2D eigenvalue weighted by Gasteiger charge is 2.35. The number of nitrogens with zero attached hydrogens (tertiary/aromatic N) is 6. The Bertz CT molecular complexity index is 869. The van der Waals surface area contributed by atoms with Gasteiger partial charge in [-0.1, -0.05) is 0 Å². The number of aromatic nitrogens is 5. The van der Waals surface area contributed by atoms with Gasteiger partial charge in [0.1, 0.15) is 11.6 Å². The van der Waals surface area contributed by atoms with Gasteiger partial charge in [0.05, 0.1) is 12.1 Å². The van der Waals surface area contributed by atoms with Gasteiger partial charge in [-0.25, -0.2) is 8.78 Å². The van der Waals surface area contributed by atoms with Crippen LogP contribution >= 0.6 is 0 Å². The molecular weight excluding hydrogens is 306 g/mol. The average Bonchev–Trinajstić information content (AvgIpc) is 3.15. The normalized spacial score (nSPS) is 21.3. The topological polar surface area (TPSA) is 79.4 Å². The maximum atomic E-state index is 14.1. The monoisotopic (exact) mass is 318 g/mol. The van der Waals surface area contributed by atoms with Gasteiger partial charge in [0.2, 0.25) is 0 Å². The van der Waals surface area contributed by atoms with Crippen molar-refractivity contribution in [3.63, 3.8) is 0 Å². The summed E-state index contributed by atoms with van der Waals surface area (Å²) in [5, 5.41) is 25.2. The van der Waals surface area contributed by atoms with E-state index < -0.39 is 23.8 Å². The molecule has 4 rings (SSSR count). The Labute approximate surface area is 129 Å². The number of β-amino-alcohol motifs (C(OH)–C–C–N with tert-alkyl or cyclic N) is 1. The minimum atomic E-state index is -0.658. The minimum Gasteiger partial charge on any atom is -0.391 e. The van der Waals surface area contributed by atoms with Gasteiger partial charge in [0, 0.05) is 12.1 Å². The smallest absolute Gasteiger partial charge is 0.200 e. The van der Waals surface area contributed by atoms with Gasteiger partial charge < -0.3 is 10.0 Å². The molecule has 0 spiro atoms. The van der Waals surface area contributed by atoms with Crippen molar-refractivity contribution in [2.45, 2.75) is 18.6 Å². The van der Waals surface area contributed by atoms with Crippen molar-refractivity contribution in [2.24, 2.45) is 0 Å². The molecule has 0 bridgehead atoms. The molecule has 9 heteroatoms. The van der Waals surface area contributed by atoms with E-state index in [0.29, 0.717) is 11.5 Å². The molecule has 3 aromatic rings. The van der Waals surface area contributed by atoms with E-state index in [2.05, 4.69) is 20.6 Å². The van der Waals surface area contributed by atoms with Crippen LogP contribution in [0.3, 0.4) is 0 Å². The molecule has 2 aromatic heterocycles. The fraction of sp³-hybridized carbons (Fsp3) is 0.286. The van der Waals surface area contributed by atoms with Crippen molar-refractivity contribution in [2.75, 3.05) is 11.4 Å². The van der Waals surface area contributed by atoms with Crippen molar-refractivity contribution < 1.29 is 13.9 Å². The van der Waals surface area contributed by atoms with Crippen LogP contribution < -0.4 is 4.90 Å². The average molecular weight is 318 g/mol. The first kappa shape index (κ1) is 13.9. The van der Waals surface area contributed by atoms with Crippen molar-refractivity contribution in [3.8, 4) is 0 Å². The Morgan fingerprint density at radius 2 is 2.04 bits per heavy atom. The molecule has 0 radical (unpaired) electrons. The summed E-state index contributed by atoms with van der Waals surface area (Å²) in [6, 6.07) is 6.16. The van der Waals surface area contributed by atoms with Gasteiger partial charge in [0.15, 0.2) is 11.5 Å². The molecule has 0 aliphatic carbocycles. The number of fused-ring (bicyclic) bond motifs is 1. The lowest BCUT2D eigenvalue weighted by Gasteiger charge is -2.25. The highest BCUT2D eigenvalue weighted by Crippen LogP contribution is 2.36. The van der Waals surface area contributed by atoms with E-state index in [0.717, 1.165) is 18.2 Å². The second-order valence-corrected chi connectivity index (χ2v) is 5.44. The zero-order valence-corrected chi connectivity index (χ0v) is 11.8. The summed E-state index contributed by atoms with van der Waals surface area (Å²) >= 11 is 0. The molecule has 1 fully saturated rings. The summed E-state index contributed by atoms with van der Waals surface area (Å²) in [5.74, 6) is -0.555. The summed E-state index contributed by atoms with van der Waals surface area (Å²) in [5.41, 5.74) is 0.669. The van der Waals surface area contributed by atoms with Crippen LogP contribution in [0.25, 0.3) is 5.65 Å². The van der Waals surface area contributed by atoms with Crippen LogP contribution in [0.1, 0.15) is 18.0 Å². The summed E-state index contributed by atoms with van der Waals surface area (Å²) in [4.78, 5) is 1.73. The van der Waals surface area contributed by atoms with E-state index in [1.807, 2.05) is 0 Å². The van der Waals surface area contributed by atoms with Gasteiger partial charge in [-0.3, -0.25) is 0 Å². The summed E-state index contributed by atoms with van der Waals surface area (Å²) in [7, 11) is 0. The van der Waals surface area contributed by atoms with Crippen LogP contribution in [-0.2, 0) is 0 Å². The number of halogens is 2. The Kier molecular flexibility index (Phi) is 3.15. The maximum absolute atomic E-state index is 14.1. The number of rotatable bonds is 2. The van der Waals surface area contributed by atoms with Gasteiger partial charge >= 0.3 is 0 Å². The predicted octanol–water partition coefficient (Wildman–Crippen LogP) is 1.11. The molecule has 23 heavy (non-hydrogen) atoms. The van der Waals surface area contributed by atoms with Crippen molar-refractivity contribution in [1.29, 1.82) is 0 Å². The predicted molar refractivity (Wildman–Crippen MR) is 75.6 cm³/mol. The van der Waals surface area contributed by atoms with Gasteiger partial charge in [-0.15, -0.1) is 14.8 Å². The maximum Gasteiger partial charge on any atom is 0.200 e. The fourth-order valence-electron chi connectivity index (χ4n) is 2.93. The second-order valence-electron chi connectivity index (χ2n) is 5.44. The lowest BCUT2D eigenvalue weighted by Crippen LogP contribution is -2.26. The summed E-state index contributed by atoms with van der Waals surface area (Å²) in [6.45, 7) is 0.265. The number of tetrazole rings is 1. The number of hydrogen-bond acceptors (Lipinski definition) is 6. The molecule has 3 heterocycles. The molecule has 7 nitrogen and oxygen atoms in total. The van der Waals surface area contributed by atoms with E-state index in [-0.39, 0.29) is 18.5 Å². The highest BCUT2D eigenvalue weighted by atomic mass is 19.1. The first-order valence-electron chi connectivity index (χ1n) is 7.07. The lowest BCUT2D eigenvalue weighted by molar-refractivity contribution is 0.194. The highest BCUT2D eigenvalue weighted by molar-refractivity contribution is 5.48. The molecule has 1 N–H and O–H groups in total. The number of aliphatic hydroxyl groups is 1. The Hall–Kier alpha value is -2.68. The third-order valence-corrected chi connectivity index (χ3v) is 3.95. The van der Waals surface area contributed by atoms with Crippen LogP contribution in [0, 0.1) is 11.6 Å². The first-order valence-corrected chi connectivity index (χ1v) is 7.07. The summed E-state index contributed by atoms with van der Waals surface area (Å²) < 4.78 is 28.9. The molecular formula is C14H12F2N6O. The number of aliphatic hydroxyl groups excluding tert-OH is 1. The molecule has 0 saturated carbocycles. The Morgan fingerprint density at radius 3 is 2.91 bits per heavy atom. The molecule has 0 unspecified atom stereocenters.